The molecule has 0 aliphatic heterocycles. The molecule has 1 aromatic heterocycles. The quantitative estimate of drug-likeness (QED) is 0.728. The first kappa shape index (κ1) is 8.84. The molecule has 0 spiro atoms. The number of nitrogens with zero attached hydrogens (tertiary/aromatic N) is 1. The summed E-state index contributed by atoms with van der Waals surface area (Å²) in [6.45, 7) is 0. The van der Waals surface area contributed by atoms with E-state index in [0.717, 1.165) is 11.7 Å². The van der Waals surface area contributed by atoms with Gasteiger partial charge in [0.25, 0.3) is 0 Å². The van der Waals surface area contributed by atoms with Crippen molar-refractivity contribution in [3.05, 3.63) is 30.0 Å². The zero-order chi connectivity index (χ0) is 10.4. The lowest BCUT2D eigenvalue weighted by atomic mass is 10.2. The van der Waals surface area contributed by atoms with Gasteiger partial charge in [0.05, 0.1) is 7.11 Å². The Balaban J connectivity index is 2.20. The Morgan fingerprint density at radius 1 is 1.27 bits per heavy atom. The van der Waals surface area contributed by atoms with Gasteiger partial charge >= 0.3 is 0 Å². The first-order valence-electron chi connectivity index (χ1n) is 5.43. The Hall–Kier alpha value is -1.44. The van der Waals surface area contributed by atoms with Gasteiger partial charge in [-0.3, -0.25) is 0 Å². The highest BCUT2D eigenvalue weighted by Crippen LogP contribution is 2.42. The van der Waals surface area contributed by atoms with Crippen LogP contribution in [0.3, 0.4) is 0 Å². The third-order valence-corrected chi connectivity index (χ3v) is 3.28. The summed E-state index contributed by atoms with van der Waals surface area (Å²) in [6.07, 6.45) is 2.70. The monoisotopic (exact) mass is 201 g/mol. The van der Waals surface area contributed by atoms with Crippen molar-refractivity contribution in [1.29, 1.82) is 0 Å². The van der Waals surface area contributed by atoms with Crippen molar-refractivity contribution < 1.29 is 4.74 Å². The van der Waals surface area contributed by atoms with E-state index in [-0.39, 0.29) is 0 Å². The number of aryl methyl sites for hydroxylation is 1. The van der Waals surface area contributed by atoms with E-state index in [1.54, 1.807) is 7.11 Å². The van der Waals surface area contributed by atoms with Crippen molar-refractivity contribution in [2.24, 2.45) is 7.05 Å². The highest BCUT2D eigenvalue weighted by Gasteiger charge is 2.26. The molecule has 1 heterocycles. The van der Waals surface area contributed by atoms with E-state index in [1.165, 1.54) is 29.4 Å². The van der Waals surface area contributed by atoms with Crippen LogP contribution in [0, 0.1) is 0 Å². The van der Waals surface area contributed by atoms with Crippen molar-refractivity contribution in [2.75, 3.05) is 7.11 Å². The van der Waals surface area contributed by atoms with Gasteiger partial charge in [-0.05, 0) is 43.0 Å². The summed E-state index contributed by atoms with van der Waals surface area (Å²) in [5.41, 5.74) is 2.77. The minimum atomic E-state index is 0.799. The second-order valence-corrected chi connectivity index (χ2v) is 4.33. The average molecular weight is 201 g/mol. The van der Waals surface area contributed by atoms with E-state index in [2.05, 4.69) is 29.8 Å². The van der Waals surface area contributed by atoms with E-state index in [1.807, 2.05) is 6.07 Å². The molecule has 0 atom stereocenters. The van der Waals surface area contributed by atoms with E-state index in [0.29, 0.717) is 0 Å². The lowest BCUT2D eigenvalue weighted by Gasteiger charge is -2.02. The third kappa shape index (κ3) is 1.32. The molecule has 1 fully saturated rings. The van der Waals surface area contributed by atoms with Gasteiger partial charge in [-0.15, -0.1) is 0 Å². The first-order chi connectivity index (χ1) is 7.29. The third-order valence-electron chi connectivity index (χ3n) is 3.28. The number of benzene rings is 1. The van der Waals surface area contributed by atoms with Crippen LogP contribution in [0.25, 0.3) is 10.9 Å². The van der Waals surface area contributed by atoms with Gasteiger partial charge in [-0.2, -0.15) is 0 Å². The molecule has 78 valence electrons. The van der Waals surface area contributed by atoms with Crippen molar-refractivity contribution in [1.82, 2.24) is 4.57 Å². The maximum atomic E-state index is 5.24. The molecular formula is C13H15NO. The number of aromatic nitrogens is 1. The number of hydrogen-bond donors (Lipinski definition) is 0. The average Bonchev–Trinajstić information content (AvgIpc) is 3.04. The molecule has 0 unspecified atom stereocenters. The summed E-state index contributed by atoms with van der Waals surface area (Å²) in [7, 11) is 3.87. The molecular weight excluding hydrogens is 186 g/mol. The van der Waals surface area contributed by atoms with E-state index < -0.39 is 0 Å². The largest absolute Gasteiger partial charge is 0.497 e. The molecule has 1 saturated carbocycles. The molecule has 2 aromatic rings. The van der Waals surface area contributed by atoms with Crippen LogP contribution in [0.15, 0.2) is 24.3 Å². The van der Waals surface area contributed by atoms with Crippen molar-refractivity contribution in [2.45, 2.75) is 18.8 Å². The van der Waals surface area contributed by atoms with Gasteiger partial charge in [-0.1, -0.05) is 0 Å². The summed E-state index contributed by atoms with van der Waals surface area (Å²) < 4.78 is 7.55. The van der Waals surface area contributed by atoms with Crippen LogP contribution < -0.4 is 4.74 Å². The maximum absolute atomic E-state index is 5.24. The van der Waals surface area contributed by atoms with Crippen LogP contribution >= 0.6 is 0 Å². The van der Waals surface area contributed by atoms with Crippen LogP contribution in [0.4, 0.5) is 0 Å². The van der Waals surface area contributed by atoms with E-state index >= 15 is 0 Å². The highest BCUT2D eigenvalue weighted by molar-refractivity contribution is 5.83. The molecule has 0 saturated heterocycles. The summed E-state index contributed by atoms with van der Waals surface area (Å²) in [5.74, 6) is 1.74. The van der Waals surface area contributed by atoms with E-state index in [4.69, 9.17) is 4.74 Å². The predicted molar refractivity (Wildman–Crippen MR) is 61.4 cm³/mol. The molecule has 2 nitrogen and oxygen atoms in total. The Bertz CT molecular complexity index is 508. The van der Waals surface area contributed by atoms with Gasteiger partial charge in [0.15, 0.2) is 0 Å². The summed E-state index contributed by atoms with van der Waals surface area (Å²) in [4.78, 5) is 0. The number of hydrogen-bond acceptors (Lipinski definition) is 1. The number of ether oxygens (including phenoxy) is 1. The fourth-order valence-corrected chi connectivity index (χ4v) is 2.25. The second kappa shape index (κ2) is 3.02. The van der Waals surface area contributed by atoms with Crippen molar-refractivity contribution >= 4 is 10.9 Å². The molecule has 0 radical (unpaired) electrons. The molecule has 2 heteroatoms. The molecule has 0 N–H and O–H groups in total. The SMILES string of the molecule is COc1ccc2c(c1)cc(C1CC1)n2C. The Kier molecular flexibility index (Phi) is 1.78. The van der Waals surface area contributed by atoms with Crippen LogP contribution in [0.1, 0.15) is 24.5 Å². The normalized spacial score (nSPS) is 15.9. The van der Waals surface area contributed by atoms with Gasteiger partial charge in [0.2, 0.25) is 0 Å². The number of methoxy groups -OCH3 is 1. The molecule has 0 amide bonds. The van der Waals surface area contributed by atoms with Crippen molar-refractivity contribution in [3.8, 4) is 5.75 Å². The molecule has 3 rings (SSSR count). The zero-order valence-corrected chi connectivity index (χ0v) is 9.16. The maximum Gasteiger partial charge on any atom is 0.119 e. The number of rotatable bonds is 2. The minimum absolute atomic E-state index is 0.799. The van der Waals surface area contributed by atoms with Gasteiger partial charge in [0, 0.05) is 23.6 Å². The fourth-order valence-electron chi connectivity index (χ4n) is 2.25. The molecule has 1 aromatic carbocycles. The zero-order valence-electron chi connectivity index (χ0n) is 9.16. The van der Waals surface area contributed by atoms with Crippen LogP contribution in [-0.2, 0) is 7.05 Å². The Morgan fingerprint density at radius 2 is 2.07 bits per heavy atom. The highest BCUT2D eigenvalue weighted by atomic mass is 16.5. The molecule has 15 heavy (non-hydrogen) atoms. The standard InChI is InChI=1S/C13H15NO/c1-14-12-6-5-11(15-2)7-10(12)8-13(14)9-3-4-9/h5-9H,3-4H2,1-2H3. The Labute approximate surface area is 89.5 Å². The molecule has 1 aliphatic rings. The number of fused-ring (bicyclic) bond motifs is 1. The minimum Gasteiger partial charge on any atom is -0.497 e. The van der Waals surface area contributed by atoms with Crippen LogP contribution in [0.2, 0.25) is 0 Å². The summed E-state index contributed by atoms with van der Waals surface area (Å²) >= 11 is 0. The van der Waals surface area contributed by atoms with Gasteiger partial charge in [-0.25, -0.2) is 0 Å². The predicted octanol–water partition coefficient (Wildman–Crippen LogP) is 3.06. The molecule has 1 aliphatic carbocycles. The molecule has 0 bridgehead atoms. The Morgan fingerprint density at radius 3 is 2.73 bits per heavy atom. The van der Waals surface area contributed by atoms with Crippen LogP contribution in [0.5, 0.6) is 5.75 Å². The summed E-state index contributed by atoms with van der Waals surface area (Å²) in [5, 5.41) is 1.29. The lowest BCUT2D eigenvalue weighted by Crippen LogP contribution is -1.93. The van der Waals surface area contributed by atoms with Gasteiger partial charge in [0.1, 0.15) is 5.75 Å². The van der Waals surface area contributed by atoms with Crippen LogP contribution in [-0.4, -0.2) is 11.7 Å². The van der Waals surface area contributed by atoms with Gasteiger partial charge < -0.3 is 9.30 Å². The first-order valence-corrected chi connectivity index (χ1v) is 5.43. The van der Waals surface area contributed by atoms with E-state index in [9.17, 15) is 0 Å². The topological polar surface area (TPSA) is 14.2 Å². The smallest absolute Gasteiger partial charge is 0.119 e. The lowest BCUT2D eigenvalue weighted by molar-refractivity contribution is 0.415. The van der Waals surface area contributed by atoms with Crippen molar-refractivity contribution in [3.63, 3.8) is 0 Å². The second-order valence-electron chi connectivity index (χ2n) is 4.33. The fraction of sp³-hybridized carbons (Fsp3) is 0.385. The summed E-state index contributed by atoms with van der Waals surface area (Å²) in [6, 6.07) is 8.58.